The summed E-state index contributed by atoms with van der Waals surface area (Å²) in [7, 11) is 0. The zero-order valence-corrected chi connectivity index (χ0v) is 18.7. The Balaban J connectivity index is 1.31. The standard InChI is InChI=1S/C24H28ClN3O4/c25-21-4-6-22(7-5-21)32-18-24(29)16-28(10-12-30-17-24)15-20-2-1-3-23(14-20)31-13-11-27-9-8-26-19-27/h1-9,14,19,29H,10-13,15-18H2. The molecule has 170 valence electrons. The van der Waals surface area contributed by atoms with Crippen molar-refractivity contribution in [1.29, 1.82) is 0 Å². The van der Waals surface area contributed by atoms with Crippen molar-refractivity contribution in [3.8, 4) is 11.5 Å². The molecule has 1 aliphatic rings. The van der Waals surface area contributed by atoms with Crippen LogP contribution in [-0.4, -0.2) is 64.7 Å². The fraction of sp³-hybridized carbons (Fsp3) is 0.375. The predicted molar refractivity (Wildman–Crippen MR) is 122 cm³/mol. The maximum Gasteiger partial charge on any atom is 0.134 e. The first-order valence-corrected chi connectivity index (χ1v) is 11.0. The van der Waals surface area contributed by atoms with Gasteiger partial charge in [-0.3, -0.25) is 4.90 Å². The fourth-order valence-corrected chi connectivity index (χ4v) is 3.77. The van der Waals surface area contributed by atoms with E-state index in [0.717, 1.165) is 24.4 Å². The number of hydrogen-bond donors (Lipinski definition) is 1. The molecule has 3 aromatic rings. The second-order valence-corrected chi connectivity index (χ2v) is 8.46. The first-order chi connectivity index (χ1) is 15.6. The predicted octanol–water partition coefficient (Wildman–Crippen LogP) is 3.26. The van der Waals surface area contributed by atoms with Crippen LogP contribution in [0.25, 0.3) is 0 Å². The van der Waals surface area contributed by atoms with Gasteiger partial charge in [-0.1, -0.05) is 23.7 Å². The van der Waals surface area contributed by atoms with E-state index in [1.807, 2.05) is 29.0 Å². The van der Waals surface area contributed by atoms with E-state index in [4.69, 9.17) is 25.8 Å². The molecule has 1 aliphatic heterocycles. The molecule has 8 heteroatoms. The van der Waals surface area contributed by atoms with Crippen molar-refractivity contribution in [2.45, 2.75) is 18.7 Å². The number of aromatic nitrogens is 2. The number of nitrogens with zero attached hydrogens (tertiary/aromatic N) is 3. The molecule has 1 aromatic heterocycles. The number of halogens is 1. The summed E-state index contributed by atoms with van der Waals surface area (Å²) in [5.41, 5.74) is 0.0164. The van der Waals surface area contributed by atoms with Crippen LogP contribution in [0.3, 0.4) is 0 Å². The second kappa shape index (κ2) is 10.8. The maximum atomic E-state index is 11.1. The summed E-state index contributed by atoms with van der Waals surface area (Å²) >= 11 is 5.92. The van der Waals surface area contributed by atoms with Crippen LogP contribution in [0.5, 0.6) is 11.5 Å². The maximum absolute atomic E-state index is 11.1. The molecule has 1 N–H and O–H groups in total. The molecule has 2 heterocycles. The molecular formula is C24H28ClN3O4. The highest BCUT2D eigenvalue weighted by Crippen LogP contribution is 2.21. The molecule has 2 aromatic carbocycles. The van der Waals surface area contributed by atoms with Gasteiger partial charge in [-0.25, -0.2) is 4.98 Å². The molecule has 1 unspecified atom stereocenters. The molecule has 32 heavy (non-hydrogen) atoms. The van der Waals surface area contributed by atoms with Crippen molar-refractivity contribution in [3.63, 3.8) is 0 Å². The van der Waals surface area contributed by atoms with E-state index in [2.05, 4.69) is 16.0 Å². The molecule has 4 rings (SSSR count). The number of imidazole rings is 1. The smallest absolute Gasteiger partial charge is 0.134 e. The first kappa shape index (κ1) is 22.6. The van der Waals surface area contributed by atoms with Gasteiger partial charge in [-0.05, 0) is 42.0 Å². The number of benzene rings is 2. The molecule has 1 atom stereocenters. The van der Waals surface area contributed by atoms with Crippen LogP contribution in [0.15, 0.2) is 67.3 Å². The summed E-state index contributed by atoms with van der Waals surface area (Å²) in [6, 6.07) is 15.2. The minimum Gasteiger partial charge on any atom is -0.492 e. The largest absolute Gasteiger partial charge is 0.492 e. The molecule has 1 fully saturated rings. The third kappa shape index (κ3) is 6.71. The summed E-state index contributed by atoms with van der Waals surface area (Å²) in [6.45, 7) is 4.11. The van der Waals surface area contributed by atoms with Crippen LogP contribution in [0, 0.1) is 0 Å². The van der Waals surface area contributed by atoms with Crippen LogP contribution in [0.1, 0.15) is 5.56 Å². The molecule has 0 spiro atoms. The van der Waals surface area contributed by atoms with Gasteiger partial charge in [0.25, 0.3) is 0 Å². The molecule has 0 saturated carbocycles. The Kier molecular flexibility index (Phi) is 7.65. The lowest BCUT2D eigenvalue weighted by atomic mass is 10.1. The van der Waals surface area contributed by atoms with Gasteiger partial charge in [0.1, 0.15) is 30.3 Å². The summed E-state index contributed by atoms with van der Waals surface area (Å²) in [4.78, 5) is 6.22. The third-order valence-corrected chi connectivity index (χ3v) is 5.50. The van der Waals surface area contributed by atoms with E-state index >= 15 is 0 Å². The minimum absolute atomic E-state index is 0.141. The van der Waals surface area contributed by atoms with Crippen LogP contribution in [0.2, 0.25) is 5.02 Å². The third-order valence-electron chi connectivity index (χ3n) is 5.24. The van der Waals surface area contributed by atoms with E-state index < -0.39 is 5.60 Å². The SMILES string of the molecule is OC1(COc2ccc(Cl)cc2)COCCN(Cc2cccc(OCCn3ccnc3)c2)C1. The molecule has 0 aliphatic carbocycles. The van der Waals surface area contributed by atoms with E-state index in [9.17, 15) is 5.11 Å². The quantitative estimate of drug-likeness (QED) is 0.532. The van der Waals surface area contributed by atoms with Gasteiger partial charge in [0.2, 0.25) is 0 Å². The average molecular weight is 458 g/mol. The molecule has 0 amide bonds. The van der Waals surface area contributed by atoms with E-state index in [-0.39, 0.29) is 13.2 Å². The van der Waals surface area contributed by atoms with Crippen molar-refractivity contribution >= 4 is 11.6 Å². The Morgan fingerprint density at radius 3 is 2.81 bits per heavy atom. The number of β-amino-alcohol motifs (C(OH)–C–C–N with tert-alkyl or cyclic N) is 1. The van der Waals surface area contributed by atoms with Gasteiger partial charge in [0.15, 0.2) is 0 Å². The van der Waals surface area contributed by atoms with Crippen LogP contribution >= 0.6 is 11.6 Å². The van der Waals surface area contributed by atoms with Gasteiger partial charge in [-0.2, -0.15) is 0 Å². The summed E-state index contributed by atoms with van der Waals surface area (Å²) in [5, 5.41) is 11.8. The Hall–Kier alpha value is -2.58. The van der Waals surface area contributed by atoms with Crippen molar-refractivity contribution in [1.82, 2.24) is 14.5 Å². The molecular weight excluding hydrogens is 430 g/mol. The van der Waals surface area contributed by atoms with Gasteiger partial charge in [0.05, 0.1) is 26.1 Å². The minimum atomic E-state index is -1.10. The van der Waals surface area contributed by atoms with Crippen LogP contribution in [-0.2, 0) is 17.8 Å². The lowest BCUT2D eigenvalue weighted by molar-refractivity contribution is -0.0646. The Morgan fingerprint density at radius 1 is 1.12 bits per heavy atom. The lowest BCUT2D eigenvalue weighted by Gasteiger charge is -2.30. The Labute approximate surface area is 193 Å². The first-order valence-electron chi connectivity index (χ1n) is 10.7. The second-order valence-electron chi connectivity index (χ2n) is 8.03. The number of ether oxygens (including phenoxy) is 3. The number of hydrogen-bond acceptors (Lipinski definition) is 6. The highest BCUT2D eigenvalue weighted by atomic mass is 35.5. The Morgan fingerprint density at radius 2 is 2.00 bits per heavy atom. The van der Waals surface area contributed by atoms with E-state index in [0.29, 0.717) is 37.1 Å². The van der Waals surface area contributed by atoms with Crippen molar-refractivity contribution in [3.05, 3.63) is 77.8 Å². The highest BCUT2D eigenvalue weighted by Gasteiger charge is 2.33. The lowest BCUT2D eigenvalue weighted by Crippen LogP contribution is -2.48. The molecule has 0 bridgehead atoms. The molecule has 7 nitrogen and oxygen atoms in total. The topological polar surface area (TPSA) is 69.0 Å². The highest BCUT2D eigenvalue weighted by molar-refractivity contribution is 6.30. The van der Waals surface area contributed by atoms with E-state index in [1.165, 1.54) is 0 Å². The summed E-state index contributed by atoms with van der Waals surface area (Å²) in [5.74, 6) is 1.49. The Bertz CT molecular complexity index is 968. The van der Waals surface area contributed by atoms with Crippen LogP contribution in [0.4, 0.5) is 0 Å². The van der Waals surface area contributed by atoms with E-state index in [1.54, 1.807) is 36.8 Å². The summed E-state index contributed by atoms with van der Waals surface area (Å²) < 4.78 is 19.4. The zero-order valence-electron chi connectivity index (χ0n) is 17.9. The van der Waals surface area contributed by atoms with Crippen molar-refractivity contribution < 1.29 is 19.3 Å². The normalized spacial score (nSPS) is 19.4. The molecule has 1 saturated heterocycles. The fourth-order valence-electron chi connectivity index (χ4n) is 3.65. The number of rotatable bonds is 9. The summed E-state index contributed by atoms with van der Waals surface area (Å²) in [6.07, 6.45) is 5.45. The van der Waals surface area contributed by atoms with Crippen molar-refractivity contribution in [2.75, 3.05) is 39.5 Å². The monoisotopic (exact) mass is 457 g/mol. The van der Waals surface area contributed by atoms with Gasteiger partial charge >= 0.3 is 0 Å². The average Bonchev–Trinajstić information content (AvgIpc) is 3.23. The zero-order chi connectivity index (χ0) is 22.2. The van der Waals surface area contributed by atoms with Gasteiger partial charge in [-0.15, -0.1) is 0 Å². The van der Waals surface area contributed by atoms with Crippen molar-refractivity contribution in [2.24, 2.45) is 0 Å². The molecule has 0 radical (unpaired) electrons. The van der Waals surface area contributed by atoms with Gasteiger partial charge < -0.3 is 23.9 Å². The van der Waals surface area contributed by atoms with Crippen LogP contribution < -0.4 is 9.47 Å². The number of aliphatic hydroxyl groups is 1. The van der Waals surface area contributed by atoms with Gasteiger partial charge in [0, 0.05) is 37.1 Å².